The summed E-state index contributed by atoms with van der Waals surface area (Å²) in [5.41, 5.74) is 0.484. The van der Waals surface area contributed by atoms with Crippen LogP contribution in [-0.4, -0.2) is 94.6 Å². The molecule has 4 amide bonds. The topological polar surface area (TPSA) is 208 Å². The summed E-state index contributed by atoms with van der Waals surface area (Å²) in [6, 6.07) is 9.65. The molecule has 5 aliphatic rings. The van der Waals surface area contributed by atoms with Crippen LogP contribution in [0, 0.1) is 0 Å². The van der Waals surface area contributed by atoms with Crippen LogP contribution >= 0.6 is 0 Å². The molecule has 2 bridgehead atoms. The lowest BCUT2D eigenvalue weighted by molar-refractivity contribution is -0.274. The zero-order chi connectivity index (χ0) is 46.4. The fraction of sp³-hybridized carbons (Fsp3) is 0.522. The van der Waals surface area contributed by atoms with E-state index in [1.807, 2.05) is 6.08 Å². The normalized spacial score (nSPS) is 25.8. The van der Waals surface area contributed by atoms with Gasteiger partial charge in [0.2, 0.25) is 27.4 Å². The number of alkyl halides is 3. The summed E-state index contributed by atoms with van der Waals surface area (Å²) in [5, 5.41) is 6.30. The van der Waals surface area contributed by atoms with Gasteiger partial charge in [0.15, 0.2) is 5.82 Å². The molecular formula is C46H51F3N6O10S. The Balaban J connectivity index is 1.06. The first-order chi connectivity index (χ1) is 31.5. The average molecular weight is 937 g/mol. The molecule has 16 nitrogen and oxygen atoms in total. The van der Waals surface area contributed by atoms with Crippen molar-refractivity contribution in [3.05, 3.63) is 60.2 Å². The molecule has 2 aromatic carbocycles. The number of ether oxygens (including phenoxy) is 3. The van der Waals surface area contributed by atoms with E-state index in [9.17, 15) is 40.8 Å². The first-order valence-corrected chi connectivity index (χ1v) is 24.0. The zero-order valence-electron chi connectivity index (χ0n) is 36.3. The number of para-hydroxylation sites is 1. The van der Waals surface area contributed by atoms with Crippen molar-refractivity contribution < 1.29 is 59.4 Å². The lowest BCUT2D eigenvalue weighted by Crippen LogP contribution is -2.62. The van der Waals surface area contributed by atoms with Crippen molar-refractivity contribution in [1.29, 1.82) is 0 Å². The highest BCUT2D eigenvalue weighted by Crippen LogP contribution is 2.44. The average Bonchev–Trinajstić information content (AvgIpc) is 3.72. The van der Waals surface area contributed by atoms with E-state index in [2.05, 4.69) is 25.1 Å². The van der Waals surface area contributed by atoms with Gasteiger partial charge in [-0.2, -0.15) is 4.98 Å². The number of nitrogens with zero attached hydrogens (tertiary/aromatic N) is 3. The third-order valence-corrected chi connectivity index (χ3v) is 15.6. The van der Waals surface area contributed by atoms with Crippen LogP contribution in [0.3, 0.4) is 0 Å². The molecule has 0 radical (unpaired) electrons. The molecule has 2 aromatic heterocycles. The van der Waals surface area contributed by atoms with E-state index in [0.717, 1.165) is 37.0 Å². The largest absolute Gasteiger partial charge is 0.573 e. The zero-order valence-corrected chi connectivity index (χ0v) is 37.1. The first-order valence-electron chi connectivity index (χ1n) is 22.5. The van der Waals surface area contributed by atoms with Crippen LogP contribution in [-0.2, 0) is 29.1 Å². The third-order valence-electron chi connectivity index (χ3n) is 13.5. The number of furan rings is 1. The summed E-state index contributed by atoms with van der Waals surface area (Å²) in [7, 11) is -4.09. The molecule has 0 spiro atoms. The molecule has 352 valence electrons. The van der Waals surface area contributed by atoms with Crippen molar-refractivity contribution in [1.82, 2.24) is 30.2 Å². The number of amides is 4. The Morgan fingerprint density at radius 3 is 2.42 bits per heavy atom. The van der Waals surface area contributed by atoms with E-state index in [0.29, 0.717) is 73.4 Å². The number of carbonyl (C=O) groups excluding carboxylic acids is 4. The number of aromatic nitrogens is 2. The van der Waals surface area contributed by atoms with Gasteiger partial charge in [0.05, 0.1) is 11.3 Å². The molecule has 20 heteroatoms. The maximum absolute atomic E-state index is 14.9. The quantitative estimate of drug-likeness (QED) is 0.142. The van der Waals surface area contributed by atoms with Crippen LogP contribution in [0.1, 0.15) is 103 Å². The van der Waals surface area contributed by atoms with Crippen LogP contribution in [0.5, 0.6) is 11.6 Å². The molecule has 3 N–H and O–H groups in total. The number of alkyl carbamates (subject to hydrolysis) is 1. The molecular weight excluding hydrogens is 886 g/mol. The number of carbonyl (C=O) groups is 4. The number of halogens is 3. The minimum Gasteiger partial charge on any atom is -0.470 e. The minimum atomic E-state index is -4.90. The van der Waals surface area contributed by atoms with E-state index in [4.69, 9.17) is 18.9 Å². The first kappa shape index (κ1) is 45.2. The predicted octanol–water partition coefficient (Wildman–Crippen LogP) is 7.26. The van der Waals surface area contributed by atoms with Crippen molar-refractivity contribution in [2.45, 2.75) is 144 Å². The Labute approximate surface area is 378 Å². The predicted molar refractivity (Wildman–Crippen MR) is 232 cm³/mol. The summed E-state index contributed by atoms with van der Waals surface area (Å²) in [6.45, 7) is 1.38. The molecule has 4 fully saturated rings. The van der Waals surface area contributed by atoms with E-state index in [1.165, 1.54) is 17.0 Å². The smallest absolute Gasteiger partial charge is 0.470 e. The Morgan fingerprint density at radius 2 is 1.68 bits per heavy atom. The van der Waals surface area contributed by atoms with Gasteiger partial charge in [-0.3, -0.25) is 19.1 Å². The second-order valence-electron chi connectivity index (χ2n) is 18.3. The molecule has 4 atom stereocenters. The molecule has 0 unspecified atom stereocenters. The summed E-state index contributed by atoms with van der Waals surface area (Å²) < 4.78 is 89.4. The molecule has 3 saturated carbocycles. The van der Waals surface area contributed by atoms with Crippen molar-refractivity contribution in [3.8, 4) is 23.0 Å². The van der Waals surface area contributed by atoms with Gasteiger partial charge in [0.1, 0.15) is 46.7 Å². The Bertz CT molecular complexity index is 2680. The van der Waals surface area contributed by atoms with E-state index < -0.39 is 74.4 Å². The highest BCUT2D eigenvalue weighted by molar-refractivity contribution is 7.91. The van der Waals surface area contributed by atoms with Gasteiger partial charge in [-0.15, -0.1) is 13.2 Å². The third kappa shape index (κ3) is 9.51. The summed E-state index contributed by atoms with van der Waals surface area (Å²) in [6.07, 6.45) is 2.67. The number of nitrogens with one attached hydrogen (secondary N) is 3. The van der Waals surface area contributed by atoms with Crippen LogP contribution in [0.2, 0.25) is 0 Å². The van der Waals surface area contributed by atoms with Gasteiger partial charge in [-0.25, -0.2) is 18.2 Å². The van der Waals surface area contributed by atoms with Crippen molar-refractivity contribution in [2.24, 2.45) is 0 Å². The number of sulfonamides is 1. The minimum absolute atomic E-state index is 0.0716. The van der Waals surface area contributed by atoms with Gasteiger partial charge in [-0.05, 0) is 114 Å². The monoisotopic (exact) mass is 936 g/mol. The SMILES string of the molecule is CC1(S(=O)(=O)NC(=O)[C@]23CC/C(=C/CCCCC[C@H](NC(=O)OC4CCCC4)C(=O)N4C[C@H](Oc5nc(-c6ccc(OC(F)(F)F)cc6)nc6c5oc5ccccc56)C[C@H]4C(=O)N2)C3)CC1. The summed E-state index contributed by atoms with van der Waals surface area (Å²) >= 11 is 0. The second-order valence-corrected chi connectivity index (χ2v) is 20.5. The molecule has 4 aromatic rings. The van der Waals surface area contributed by atoms with Crippen molar-refractivity contribution in [2.75, 3.05) is 6.54 Å². The lowest BCUT2D eigenvalue weighted by atomic mass is 9.95. The standard InChI is InChI=1S/C46H51F3N6O10S/c1-44(22-23-44)66(60,61)54-42(58)45-21-20-27(25-45)10-4-2-3-5-14-33(50-43(59)63-29-11-6-7-12-29)41(57)55-26-31(24-34(55)39(56)53-45)62-40-37-36(32-13-8-9-15-35(32)64-37)51-38(52-40)28-16-18-30(19-17-28)65-46(47,48)49/h8-10,13,15-19,29,31,33-34H,2-7,11-12,14,20-26H2,1H3,(H,50,59)(H,53,56)(H,54,58)/b27-10-/t31-,33+,34+,45-/m1/s1. The van der Waals surface area contributed by atoms with E-state index in [1.54, 1.807) is 31.2 Å². The van der Waals surface area contributed by atoms with Crippen LogP contribution in [0.4, 0.5) is 18.0 Å². The van der Waals surface area contributed by atoms with Gasteiger partial charge >= 0.3 is 12.5 Å². The van der Waals surface area contributed by atoms with E-state index in [-0.39, 0.29) is 55.6 Å². The molecule has 1 saturated heterocycles. The fourth-order valence-electron chi connectivity index (χ4n) is 9.46. The number of allylic oxidation sites excluding steroid dienone is 1. The van der Waals surface area contributed by atoms with Gasteiger partial charge in [0, 0.05) is 23.8 Å². The van der Waals surface area contributed by atoms with Gasteiger partial charge in [0.25, 0.3) is 11.8 Å². The lowest BCUT2D eigenvalue weighted by Gasteiger charge is -2.33. The molecule has 3 aliphatic carbocycles. The molecule has 9 rings (SSSR count). The Morgan fingerprint density at radius 1 is 0.939 bits per heavy atom. The Hall–Kier alpha value is -5.92. The number of hydrogen-bond donors (Lipinski definition) is 3. The van der Waals surface area contributed by atoms with Crippen molar-refractivity contribution in [3.63, 3.8) is 0 Å². The van der Waals surface area contributed by atoms with E-state index >= 15 is 0 Å². The maximum Gasteiger partial charge on any atom is 0.573 e. The Kier molecular flexibility index (Phi) is 12.1. The second kappa shape index (κ2) is 17.7. The van der Waals surface area contributed by atoms with Gasteiger partial charge in [-0.1, -0.05) is 36.6 Å². The molecule has 66 heavy (non-hydrogen) atoms. The van der Waals surface area contributed by atoms with Gasteiger partial charge < -0.3 is 34.2 Å². The van der Waals surface area contributed by atoms with Crippen LogP contribution in [0.25, 0.3) is 33.5 Å². The van der Waals surface area contributed by atoms with Crippen LogP contribution in [0.15, 0.2) is 64.6 Å². The number of benzene rings is 2. The number of fused-ring (bicyclic) bond motifs is 6. The highest BCUT2D eigenvalue weighted by atomic mass is 32.2. The molecule has 4 heterocycles. The molecule has 2 aliphatic heterocycles. The summed E-state index contributed by atoms with van der Waals surface area (Å²) in [5.74, 6) is -2.60. The number of rotatable bonds is 9. The van der Waals surface area contributed by atoms with Crippen molar-refractivity contribution >= 4 is 55.9 Å². The highest BCUT2D eigenvalue weighted by Gasteiger charge is 2.55. The fourth-order valence-corrected chi connectivity index (χ4v) is 10.8. The maximum atomic E-state index is 14.9. The number of hydrogen-bond acceptors (Lipinski definition) is 12. The van der Waals surface area contributed by atoms with Crippen LogP contribution < -0.4 is 24.8 Å². The summed E-state index contributed by atoms with van der Waals surface area (Å²) in [4.78, 5) is 67.9.